The van der Waals surface area contributed by atoms with E-state index in [4.69, 9.17) is 15.2 Å². The molecule has 0 aliphatic rings. The number of methoxy groups -OCH3 is 2. The number of aromatic amines is 1. The molecule has 0 saturated heterocycles. The molecular formula is C18H19N5O3. The van der Waals surface area contributed by atoms with Crippen LogP contribution in [-0.4, -0.2) is 35.9 Å². The summed E-state index contributed by atoms with van der Waals surface area (Å²) in [7, 11) is 3.21. The molecule has 0 fully saturated rings. The highest BCUT2D eigenvalue weighted by Crippen LogP contribution is 2.32. The molecule has 3 rings (SSSR count). The lowest BCUT2D eigenvalue weighted by molar-refractivity contribution is 0.249. The van der Waals surface area contributed by atoms with E-state index in [0.29, 0.717) is 23.0 Å². The zero-order valence-electron chi connectivity index (χ0n) is 14.7. The van der Waals surface area contributed by atoms with E-state index in [1.165, 1.54) is 0 Å². The van der Waals surface area contributed by atoms with Gasteiger partial charge in [0.05, 0.1) is 36.5 Å². The fourth-order valence-corrected chi connectivity index (χ4v) is 2.56. The van der Waals surface area contributed by atoms with Gasteiger partial charge in [-0.1, -0.05) is 6.07 Å². The van der Waals surface area contributed by atoms with Crippen molar-refractivity contribution in [2.75, 3.05) is 14.2 Å². The second kappa shape index (κ2) is 7.14. The molecule has 1 heterocycles. The first-order chi connectivity index (χ1) is 12.5. The first-order valence-corrected chi connectivity index (χ1v) is 7.84. The number of nitrogens with zero attached hydrogens (tertiary/aromatic N) is 2. The topological polar surface area (TPSA) is 115 Å². The van der Waals surface area contributed by atoms with Crippen molar-refractivity contribution < 1.29 is 14.3 Å². The van der Waals surface area contributed by atoms with Gasteiger partial charge in [0.1, 0.15) is 17.3 Å². The molecular weight excluding hydrogens is 334 g/mol. The summed E-state index contributed by atoms with van der Waals surface area (Å²) in [6.45, 7) is 1.78. The molecule has 1 aromatic heterocycles. The second-order valence-electron chi connectivity index (χ2n) is 5.56. The number of nitrogens with one attached hydrogen (secondary N) is 2. The van der Waals surface area contributed by atoms with Crippen molar-refractivity contribution in [1.29, 1.82) is 0 Å². The molecule has 8 heteroatoms. The Balaban J connectivity index is 2.00. The maximum atomic E-state index is 10.8. The van der Waals surface area contributed by atoms with Crippen molar-refractivity contribution in [1.82, 2.24) is 15.4 Å². The van der Waals surface area contributed by atoms with E-state index < -0.39 is 6.03 Å². The van der Waals surface area contributed by atoms with Crippen LogP contribution in [0.2, 0.25) is 0 Å². The van der Waals surface area contributed by atoms with Crippen LogP contribution >= 0.6 is 0 Å². The highest BCUT2D eigenvalue weighted by atomic mass is 16.5. The molecule has 0 atom stereocenters. The highest BCUT2D eigenvalue weighted by molar-refractivity contribution is 6.01. The first-order valence-electron chi connectivity index (χ1n) is 7.84. The largest absolute Gasteiger partial charge is 0.497 e. The van der Waals surface area contributed by atoms with Crippen LogP contribution in [0.15, 0.2) is 41.5 Å². The lowest BCUT2D eigenvalue weighted by atomic mass is 10.1. The monoisotopic (exact) mass is 353 g/mol. The number of H-pyrrole nitrogens is 1. The Hall–Kier alpha value is -3.55. The number of hydrazone groups is 1. The summed E-state index contributed by atoms with van der Waals surface area (Å²) in [5.41, 5.74) is 11.2. The number of benzene rings is 2. The Bertz CT molecular complexity index is 994. The molecule has 4 N–H and O–H groups in total. The van der Waals surface area contributed by atoms with Crippen molar-refractivity contribution >= 4 is 22.8 Å². The predicted octanol–water partition coefficient (Wildman–Crippen LogP) is 2.64. The molecule has 134 valence electrons. The van der Waals surface area contributed by atoms with E-state index in [0.717, 1.165) is 22.2 Å². The molecule has 8 nitrogen and oxygen atoms in total. The SMILES string of the molecule is COc1ccc(-c2nc3ccc(/C(C)=N\NC(N)=O)cc3[nH]2)c(OC)c1. The Labute approximate surface area is 150 Å². The van der Waals surface area contributed by atoms with E-state index in [2.05, 4.69) is 20.5 Å². The van der Waals surface area contributed by atoms with Crippen LogP contribution < -0.4 is 20.6 Å². The summed E-state index contributed by atoms with van der Waals surface area (Å²) in [5.74, 6) is 2.05. The predicted molar refractivity (Wildman–Crippen MR) is 99.6 cm³/mol. The first kappa shape index (κ1) is 17.3. The highest BCUT2D eigenvalue weighted by Gasteiger charge is 2.12. The number of urea groups is 1. The molecule has 2 aromatic carbocycles. The number of imidazole rings is 1. The van der Waals surface area contributed by atoms with Crippen LogP contribution in [0.3, 0.4) is 0 Å². The van der Waals surface area contributed by atoms with Crippen LogP contribution in [0.25, 0.3) is 22.4 Å². The van der Waals surface area contributed by atoms with Crippen molar-refractivity contribution in [2.24, 2.45) is 10.8 Å². The maximum Gasteiger partial charge on any atom is 0.332 e. The van der Waals surface area contributed by atoms with Crippen molar-refractivity contribution in [3.05, 3.63) is 42.0 Å². The lowest BCUT2D eigenvalue weighted by Crippen LogP contribution is -2.25. The summed E-state index contributed by atoms with van der Waals surface area (Å²) in [6.07, 6.45) is 0. The summed E-state index contributed by atoms with van der Waals surface area (Å²) in [6, 6.07) is 10.5. The number of amides is 2. The standard InChI is InChI=1S/C18H19N5O3/c1-10(22-23-18(19)24)11-4-7-14-15(8-11)21-17(20-14)13-6-5-12(25-2)9-16(13)26-3/h4-9H,1-3H3,(H,20,21)(H3,19,23,24)/b22-10-. The number of carbonyl (C=O) groups excluding carboxylic acids is 1. The molecule has 0 spiro atoms. The van der Waals surface area contributed by atoms with Gasteiger partial charge >= 0.3 is 6.03 Å². The summed E-state index contributed by atoms with van der Waals surface area (Å²) in [5, 5.41) is 3.94. The summed E-state index contributed by atoms with van der Waals surface area (Å²) < 4.78 is 10.7. The molecule has 0 bridgehead atoms. The van der Waals surface area contributed by atoms with Gasteiger partial charge in [0.25, 0.3) is 0 Å². The Morgan fingerprint density at radius 1 is 1.19 bits per heavy atom. The van der Waals surface area contributed by atoms with Gasteiger partial charge < -0.3 is 20.2 Å². The van der Waals surface area contributed by atoms with Crippen molar-refractivity contribution in [2.45, 2.75) is 6.92 Å². The van der Waals surface area contributed by atoms with E-state index in [1.807, 2.05) is 30.3 Å². The summed E-state index contributed by atoms with van der Waals surface area (Å²) >= 11 is 0. The average Bonchev–Trinajstić information content (AvgIpc) is 3.08. The fraction of sp³-hybridized carbons (Fsp3) is 0.167. The van der Waals surface area contributed by atoms with Gasteiger partial charge in [-0.25, -0.2) is 15.2 Å². The number of primary amides is 1. The smallest absolute Gasteiger partial charge is 0.332 e. The number of hydrogen-bond donors (Lipinski definition) is 3. The van der Waals surface area contributed by atoms with E-state index in [1.54, 1.807) is 27.2 Å². The molecule has 0 aliphatic carbocycles. The van der Waals surface area contributed by atoms with Crippen LogP contribution in [0, 0.1) is 0 Å². The molecule has 26 heavy (non-hydrogen) atoms. The van der Waals surface area contributed by atoms with Gasteiger partial charge in [-0.2, -0.15) is 5.10 Å². The van der Waals surface area contributed by atoms with Crippen molar-refractivity contribution in [3.8, 4) is 22.9 Å². The number of aromatic nitrogens is 2. The zero-order valence-corrected chi connectivity index (χ0v) is 14.7. The van der Waals surface area contributed by atoms with Crippen LogP contribution in [-0.2, 0) is 0 Å². The third-order valence-electron chi connectivity index (χ3n) is 3.90. The third-order valence-corrected chi connectivity index (χ3v) is 3.90. The van der Waals surface area contributed by atoms with Gasteiger partial charge in [0, 0.05) is 6.07 Å². The van der Waals surface area contributed by atoms with E-state index in [-0.39, 0.29) is 0 Å². The molecule has 2 amide bonds. The van der Waals surface area contributed by atoms with E-state index in [9.17, 15) is 4.79 Å². The number of hydrogen-bond acceptors (Lipinski definition) is 5. The number of ether oxygens (including phenoxy) is 2. The van der Waals surface area contributed by atoms with Gasteiger partial charge in [0.2, 0.25) is 0 Å². The van der Waals surface area contributed by atoms with Crippen LogP contribution in [0.5, 0.6) is 11.5 Å². The molecule has 0 aliphatic heterocycles. The Morgan fingerprint density at radius 2 is 2.00 bits per heavy atom. The normalized spacial score (nSPS) is 11.4. The number of rotatable bonds is 5. The molecule has 0 radical (unpaired) electrons. The minimum absolute atomic E-state index is 0.629. The Kier molecular flexibility index (Phi) is 4.74. The second-order valence-corrected chi connectivity index (χ2v) is 5.56. The van der Waals surface area contributed by atoms with Crippen molar-refractivity contribution in [3.63, 3.8) is 0 Å². The van der Waals surface area contributed by atoms with Crippen LogP contribution in [0.4, 0.5) is 4.79 Å². The number of carbonyl (C=O) groups is 1. The zero-order chi connectivity index (χ0) is 18.7. The minimum Gasteiger partial charge on any atom is -0.497 e. The third kappa shape index (κ3) is 3.44. The van der Waals surface area contributed by atoms with Gasteiger partial charge in [0.15, 0.2) is 0 Å². The fourth-order valence-electron chi connectivity index (χ4n) is 2.56. The van der Waals surface area contributed by atoms with Gasteiger partial charge in [-0.15, -0.1) is 0 Å². The average molecular weight is 353 g/mol. The lowest BCUT2D eigenvalue weighted by Gasteiger charge is -2.08. The van der Waals surface area contributed by atoms with Gasteiger partial charge in [-0.05, 0) is 36.8 Å². The molecule has 0 saturated carbocycles. The number of nitrogens with two attached hydrogens (primary N) is 1. The van der Waals surface area contributed by atoms with Crippen LogP contribution in [0.1, 0.15) is 12.5 Å². The van der Waals surface area contributed by atoms with E-state index >= 15 is 0 Å². The summed E-state index contributed by atoms with van der Waals surface area (Å²) in [4.78, 5) is 18.7. The maximum absolute atomic E-state index is 10.8. The number of fused-ring (bicyclic) bond motifs is 1. The minimum atomic E-state index is -0.708. The van der Waals surface area contributed by atoms with Gasteiger partial charge in [-0.3, -0.25) is 0 Å². The molecule has 3 aromatic rings. The Morgan fingerprint density at radius 3 is 2.69 bits per heavy atom. The quantitative estimate of drug-likeness (QED) is 0.483. The molecule has 0 unspecified atom stereocenters.